The van der Waals surface area contributed by atoms with Crippen LogP contribution in [0, 0.1) is 5.82 Å². The number of hydrogen-bond donors (Lipinski definition) is 2. The number of likely N-dealkylation sites (tertiary alicyclic amines) is 1. The Morgan fingerprint density at radius 2 is 1.87 bits per heavy atom. The van der Waals surface area contributed by atoms with Crippen molar-refractivity contribution in [3.8, 4) is 0 Å². The molecule has 2 aromatic heterocycles. The average molecular weight is 407 g/mol. The van der Waals surface area contributed by atoms with E-state index in [1.807, 2.05) is 4.90 Å². The molecule has 1 amide bonds. The Hall–Kier alpha value is -3.62. The standard InChI is InChI=1S/C21H22FN7O/c1-14(30)29-10-3-5-15(13-29)20-26-18(25-17-7-2-6-16(22)11-17)12-19(27-20)28-21-23-8-4-9-24-21/h2,4,6-9,11-12,15H,3,5,10,13H2,1H3,(H2,23,24,25,26,27,28). The third-order valence-corrected chi connectivity index (χ3v) is 4.88. The summed E-state index contributed by atoms with van der Waals surface area (Å²) in [6.07, 6.45) is 5.04. The number of benzene rings is 1. The second-order valence-electron chi connectivity index (χ2n) is 7.13. The summed E-state index contributed by atoms with van der Waals surface area (Å²) in [6, 6.07) is 9.61. The van der Waals surface area contributed by atoms with Crippen LogP contribution in [0.1, 0.15) is 31.5 Å². The minimum atomic E-state index is -0.338. The zero-order valence-corrected chi connectivity index (χ0v) is 16.5. The smallest absolute Gasteiger partial charge is 0.228 e. The van der Waals surface area contributed by atoms with Crippen LogP contribution in [0.2, 0.25) is 0 Å². The van der Waals surface area contributed by atoms with E-state index in [1.54, 1.807) is 43.6 Å². The Kier molecular flexibility index (Phi) is 5.78. The number of aromatic nitrogens is 4. The molecule has 0 aliphatic carbocycles. The zero-order valence-electron chi connectivity index (χ0n) is 16.5. The number of carbonyl (C=O) groups excluding carboxylic acids is 1. The molecule has 3 aromatic rings. The topological polar surface area (TPSA) is 95.9 Å². The molecule has 1 saturated heterocycles. The fourth-order valence-electron chi connectivity index (χ4n) is 3.44. The summed E-state index contributed by atoms with van der Waals surface area (Å²) in [5, 5.41) is 6.22. The van der Waals surface area contributed by atoms with Crippen LogP contribution in [0.15, 0.2) is 48.8 Å². The first-order valence-corrected chi connectivity index (χ1v) is 9.78. The predicted octanol–water partition coefficient (Wildman–Crippen LogP) is 3.62. The third-order valence-electron chi connectivity index (χ3n) is 4.88. The Labute approximate surface area is 173 Å². The van der Waals surface area contributed by atoms with Crippen molar-refractivity contribution < 1.29 is 9.18 Å². The van der Waals surface area contributed by atoms with E-state index in [9.17, 15) is 9.18 Å². The molecule has 1 aliphatic rings. The van der Waals surface area contributed by atoms with Gasteiger partial charge in [0.05, 0.1) is 0 Å². The highest BCUT2D eigenvalue weighted by Crippen LogP contribution is 2.28. The normalized spacial score (nSPS) is 16.2. The molecule has 0 spiro atoms. The number of halogens is 1. The van der Waals surface area contributed by atoms with Gasteiger partial charge in [-0.2, -0.15) is 0 Å². The van der Waals surface area contributed by atoms with Crippen molar-refractivity contribution >= 4 is 29.2 Å². The van der Waals surface area contributed by atoms with Gasteiger partial charge in [-0.1, -0.05) is 6.07 Å². The SMILES string of the molecule is CC(=O)N1CCCC(c2nc(Nc3cccc(F)c3)cc(Nc3ncccn3)n2)C1. The summed E-state index contributed by atoms with van der Waals surface area (Å²) in [4.78, 5) is 31.3. The van der Waals surface area contributed by atoms with E-state index in [-0.39, 0.29) is 17.6 Å². The molecule has 1 aliphatic heterocycles. The van der Waals surface area contributed by atoms with Crippen molar-refractivity contribution in [2.45, 2.75) is 25.7 Å². The molecule has 154 valence electrons. The lowest BCUT2D eigenvalue weighted by Gasteiger charge is -2.31. The third kappa shape index (κ3) is 4.86. The van der Waals surface area contributed by atoms with Crippen LogP contribution in [0.3, 0.4) is 0 Å². The summed E-state index contributed by atoms with van der Waals surface area (Å²) >= 11 is 0. The molecule has 1 atom stereocenters. The Morgan fingerprint density at radius 1 is 1.10 bits per heavy atom. The Morgan fingerprint density at radius 3 is 2.60 bits per heavy atom. The minimum Gasteiger partial charge on any atom is -0.342 e. The van der Waals surface area contributed by atoms with Gasteiger partial charge >= 0.3 is 0 Å². The van der Waals surface area contributed by atoms with Gasteiger partial charge in [0.25, 0.3) is 0 Å². The highest BCUT2D eigenvalue weighted by molar-refractivity contribution is 5.73. The number of amides is 1. The average Bonchev–Trinajstić information content (AvgIpc) is 2.74. The lowest BCUT2D eigenvalue weighted by Crippen LogP contribution is -2.38. The number of anilines is 4. The zero-order chi connectivity index (χ0) is 20.9. The first kappa shape index (κ1) is 19.7. The number of nitrogens with one attached hydrogen (secondary N) is 2. The van der Waals surface area contributed by atoms with Crippen molar-refractivity contribution in [1.82, 2.24) is 24.8 Å². The molecule has 8 nitrogen and oxygen atoms in total. The molecule has 1 unspecified atom stereocenters. The number of hydrogen-bond acceptors (Lipinski definition) is 7. The van der Waals surface area contributed by atoms with E-state index in [0.29, 0.717) is 35.6 Å². The summed E-state index contributed by atoms with van der Waals surface area (Å²) in [5.74, 6) is 1.77. The maximum absolute atomic E-state index is 13.6. The van der Waals surface area contributed by atoms with E-state index in [2.05, 4.69) is 30.6 Å². The van der Waals surface area contributed by atoms with Crippen molar-refractivity contribution in [2.24, 2.45) is 0 Å². The summed E-state index contributed by atoms with van der Waals surface area (Å²) in [5.41, 5.74) is 0.579. The van der Waals surface area contributed by atoms with E-state index in [1.165, 1.54) is 12.1 Å². The van der Waals surface area contributed by atoms with Crippen LogP contribution in [-0.4, -0.2) is 43.8 Å². The molecule has 3 heterocycles. The molecule has 0 radical (unpaired) electrons. The summed E-state index contributed by atoms with van der Waals surface area (Å²) in [7, 11) is 0. The van der Waals surface area contributed by atoms with Gasteiger partial charge in [-0.25, -0.2) is 24.3 Å². The van der Waals surface area contributed by atoms with Crippen LogP contribution in [0.5, 0.6) is 0 Å². The fourth-order valence-corrected chi connectivity index (χ4v) is 3.44. The number of piperidine rings is 1. The highest BCUT2D eigenvalue weighted by atomic mass is 19.1. The van der Waals surface area contributed by atoms with Crippen molar-refractivity contribution in [3.05, 3.63) is 60.4 Å². The van der Waals surface area contributed by atoms with Gasteiger partial charge in [0, 0.05) is 50.1 Å². The van der Waals surface area contributed by atoms with Gasteiger partial charge in [0.1, 0.15) is 23.3 Å². The second-order valence-corrected chi connectivity index (χ2v) is 7.13. The first-order valence-electron chi connectivity index (χ1n) is 9.78. The van der Waals surface area contributed by atoms with Crippen LogP contribution < -0.4 is 10.6 Å². The van der Waals surface area contributed by atoms with Gasteiger partial charge in [0.2, 0.25) is 11.9 Å². The molecule has 9 heteroatoms. The maximum Gasteiger partial charge on any atom is 0.228 e. The van der Waals surface area contributed by atoms with E-state index in [4.69, 9.17) is 0 Å². The van der Waals surface area contributed by atoms with Gasteiger partial charge in [-0.3, -0.25) is 4.79 Å². The Balaban J connectivity index is 1.65. The minimum absolute atomic E-state index is 0.00847. The van der Waals surface area contributed by atoms with Crippen LogP contribution in [-0.2, 0) is 4.79 Å². The van der Waals surface area contributed by atoms with E-state index < -0.39 is 0 Å². The van der Waals surface area contributed by atoms with E-state index in [0.717, 1.165) is 19.4 Å². The monoisotopic (exact) mass is 407 g/mol. The van der Waals surface area contributed by atoms with Crippen LogP contribution >= 0.6 is 0 Å². The molecular weight excluding hydrogens is 385 g/mol. The van der Waals surface area contributed by atoms with E-state index >= 15 is 0 Å². The highest BCUT2D eigenvalue weighted by Gasteiger charge is 2.25. The van der Waals surface area contributed by atoms with Crippen molar-refractivity contribution in [1.29, 1.82) is 0 Å². The predicted molar refractivity (Wildman–Crippen MR) is 111 cm³/mol. The molecular formula is C21H22FN7O. The van der Waals surface area contributed by atoms with Crippen molar-refractivity contribution in [2.75, 3.05) is 23.7 Å². The quantitative estimate of drug-likeness (QED) is 0.667. The second kappa shape index (κ2) is 8.81. The summed E-state index contributed by atoms with van der Waals surface area (Å²) < 4.78 is 13.6. The molecule has 0 saturated carbocycles. The van der Waals surface area contributed by atoms with Gasteiger partial charge in [0.15, 0.2) is 0 Å². The Bertz CT molecular complexity index is 1030. The molecule has 30 heavy (non-hydrogen) atoms. The van der Waals surface area contributed by atoms with Crippen molar-refractivity contribution in [3.63, 3.8) is 0 Å². The largest absolute Gasteiger partial charge is 0.342 e. The summed E-state index contributed by atoms with van der Waals surface area (Å²) in [6.45, 7) is 2.89. The number of nitrogens with zero attached hydrogens (tertiary/aromatic N) is 5. The molecule has 4 rings (SSSR count). The molecule has 1 fully saturated rings. The first-order chi connectivity index (χ1) is 14.6. The molecule has 0 bridgehead atoms. The fraction of sp³-hybridized carbons (Fsp3) is 0.286. The lowest BCUT2D eigenvalue weighted by molar-refractivity contribution is -0.130. The van der Waals surface area contributed by atoms with Gasteiger partial charge in [-0.15, -0.1) is 0 Å². The van der Waals surface area contributed by atoms with Gasteiger partial charge < -0.3 is 15.5 Å². The lowest BCUT2D eigenvalue weighted by atomic mass is 9.97. The van der Waals surface area contributed by atoms with Gasteiger partial charge in [-0.05, 0) is 37.1 Å². The molecule has 1 aromatic carbocycles. The number of carbonyl (C=O) groups is 1. The van der Waals surface area contributed by atoms with Crippen LogP contribution in [0.25, 0.3) is 0 Å². The maximum atomic E-state index is 13.6. The molecule has 2 N–H and O–H groups in total. The van der Waals surface area contributed by atoms with Crippen LogP contribution in [0.4, 0.5) is 27.7 Å². The number of rotatable bonds is 5.